The van der Waals surface area contributed by atoms with Crippen molar-refractivity contribution in [3.63, 3.8) is 0 Å². The summed E-state index contributed by atoms with van der Waals surface area (Å²) in [5.41, 5.74) is 1.53. The van der Waals surface area contributed by atoms with Gasteiger partial charge in [-0.05, 0) is 48.4 Å². The molecular formula is C18H19NO3. The van der Waals surface area contributed by atoms with Crippen LogP contribution < -0.4 is 4.74 Å². The Balaban J connectivity index is 2.06. The number of hydrogen-bond donors (Lipinski definition) is 1. The van der Waals surface area contributed by atoms with Crippen LogP contribution in [0.15, 0.2) is 53.5 Å². The molecule has 2 rings (SSSR count). The van der Waals surface area contributed by atoms with E-state index >= 15 is 0 Å². The maximum Gasteiger partial charge on any atom is 0.337 e. The van der Waals surface area contributed by atoms with E-state index in [1.807, 2.05) is 24.3 Å². The number of carboxylic acid groups (broad SMARTS) is 1. The van der Waals surface area contributed by atoms with Crippen LogP contribution in [-0.4, -0.2) is 23.9 Å². The van der Waals surface area contributed by atoms with Gasteiger partial charge in [0.1, 0.15) is 5.75 Å². The topological polar surface area (TPSA) is 58.9 Å². The quantitative estimate of drug-likeness (QED) is 0.612. The predicted octanol–water partition coefficient (Wildman–Crippen LogP) is 4.31. The number of aromatic carboxylic acids is 1. The van der Waals surface area contributed by atoms with Gasteiger partial charge in [0.15, 0.2) is 0 Å². The van der Waals surface area contributed by atoms with Gasteiger partial charge in [-0.15, -0.1) is 0 Å². The van der Waals surface area contributed by atoms with Gasteiger partial charge in [-0.25, -0.2) is 4.79 Å². The third-order valence-electron chi connectivity index (χ3n) is 3.13. The first-order valence-electron chi connectivity index (χ1n) is 7.30. The molecule has 0 radical (unpaired) electrons. The fourth-order valence-electron chi connectivity index (χ4n) is 1.90. The fraction of sp³-hybridized carbons (Fsp3) is 0.222. The number of benzene rings is 2. The van der Waals surface area contributed by atoms with E-state index in [0.29, 0.717) is 5.69 Å². The number of hydrogen-bond acceptors (Lipinski definition) is 3. The molecule has 1 N–H and O–H groups in total. The highest BCUT2D eigenvalue weighted by Crippen LogP contribution is 2.19. The molecule has 0 aliphatic heterocycles. The molecule has 0 heterocycles. The molecule has 0 saturated carbocycles. The van der Waals surface area contributed by atoms with Crippen LogP contribution in [0.3, 0.4) is 0 Å². The second-order valence-corrected chi connectivity index (χ2v) is 4.85. The van der Waals surface area contributed by atoms with Crippen molar-refractivity contribution < 1.29 is 14.6 Å². The molecule has 0 amide bonds. The minimum absolute atomic E-state index is 0.193. The highest BCUT2D eigenvalue weighted by Gasteiger charge is 2.07. The molecule has 0 saturated heterocycles. The summed E-state index contributed by atoms with van der Waals surface area (Å²) >= 11 is 0. The van der Waals surface area contributed by atoms with E-state index in [1.54, 1.807) is 30.5 Å². The highest BCUT2D eigenvalue weighted by molar-refractivity contribution is 5.95. The number of aliphatic imine (C=N–C) groups is 1. The second-order valence-electron chi connectivity index (χ2n) is 4.85. The van der Waals surface area contributed by atoms with E-state index < -0.39 is 5.97 Å². The van der Waals surface area contributed by atoms with Crippen LogP contribution in [0.5, 0.6) is 5.75 Å². The molecule has 0 unspecified atom stereocenters. The van der Waals surface area contributed by atoms with Crippen molar-refractivity contribution >= 4 is 17.9 Å². The van der Waals surface area contributed by atoms with Crippen molar-refractivity contribution in [2.45, 2.75) is 19.8 Å². The minimum Gasteiger partial charge on any atom is -0.494 e. The van der Waals surface area contributed by atoms with Crippen LogP contribution in [0, 0.1) is 0 Å². The molecule has 0 fully saturated rings. The predicted molar refractivity (Wildman–Crippen MR) is 87.5 cm³/mol. The zero-order valence-corrected chi connectivity index (χ0v) is 12.5. The van der Waals surface area contributed by atoms with E-state index in [0.717, 1.165) is 30.8 Å². The number of carbonyl (C=O) groups is 1. The van der Waals surface area contributed by atoms with Crippen LogP contribution in [-0.2, 0) is 0 Å². The lowest BCUT2D eigenvalue weighted by Gasteiger charge is -2.05. The molecule has 0 aliphatic rings. The minimum atomic E-state index is -0.979. The zero-order chi connectivity index (χ0) is 15.8. The zero-order valence-electron chi connectivity index (χ0n) is 12.5. The number of carboxylic acids is 1. The third-order valence-corrected chi connectivity index (χ3v) is 3.13. The summed E-state index contributed by atoms with van der Waals surface area (Å²) in [5.74, 6) is -0.149. The van der Waals surface area contributed by atoms with Gasteiger partial charge in [0, 0.05) is 6.21 Å². The lowest BCUT2D eigenvalue weighted by molar-refractivity contribution is 0.0698. The highest BCUT2D eigenvalue weighted by atomic mass is 16.5. The number of unbranched alkanes of at least 4 members (excludes halogenated alkanes) is 1. The molecular weight excluding hydrogens is 278 g/mol. The Labute approximate surface area is 130 Å². The molecule has 0 atom stereocenters. The van der Waals surface area contributed by atoms with Crippen molar-refractivity contribution in [1.29, 1.82) is 0 Å². The second kappa shape index (κ2) is 7.98. The molecule has 0 aromatic heterocycles. The average Bonchev–Trinajstić information content (AvgIpc) is 2.54. The lowest BCUT2D eigenvalue weighted by atomic mass is 10.2. The van der Waals surface area contributed by atoms with Gasteiger partial charge >= 0.3 is 5.97 Å². The Kier molecular flexibility index (Phi) is 5.72. The van der Waals surface area contributed by atoms with Crippen LogP contribution in [0.25, 0.3) is 0 Å². The Morgan fingerprint density at radius 1 is 1.18 bits per heavy atom. The molecule has 2 aromatic carbocycles. The molecule has 4 heteroatoms. The molecule has 0 bridgehead atoms. The number of para-hydroxylation sites is 1. The number of rotatable bonds is 7. The Morgan fingerprint density at radius 3 is 2.59 bits per heavy atom. The fourth-order valence-corrected chi connectivity index (χ4v) is 1.90. The van der Waals surface area contributed by atoms with E-state index in [2.05, 4.69) is 11.9 Å². The maximum absolute atomic E-state index is 11.1. The molecule has 4 nitrogen and oxygen atoms in total. The SMILES string of the molecule is CCCCOc1ccc(C=Nc2ccccc2C(=O)O)cc1. The molecule has 0 spiro atoms. The molecule has 0 aliphatic carbocycles. The summed E-state index contributed by atoms with van der Waals surface area (Å²) in [5, 5.41) is 9.11. The smallest absolute Gasteiger partial charge is 0.337 e. The first-order chi connectivity index (χ1) is 10.7. The summed E-state index contributed by atoms with van der Waals surface area (Å²) < 4.78 is 5.59. The van der Waals surface area contributed by atoms with Gasteiger partial charge < -0.3 is 9.84 Å². The Hall–Kier alpha value is -2.62. The van der Waals surface area contributed by atoms with Gasteiger partial charge in [0.2, 0.25) is 0 Å². The van der Waals surface area contributed by atoms with E-state index in [4.69, 9.17) is 9.84 Å². The Bertz CT molecular complexity index is 648. The van der Waals surface area contributed by atoms with Crippen LogP contribution >= 0.6 is 0 Å². The largest absolute Gasteiger partial charge is 0.494 e. The number of nitrogens with zero attached hydrogens (tertiary/aromatic N) is 1. The maximum atomic E-state index is 11.1. The van der Waals surface area contributed by atoms with Crippen molar-refractivity contribution in [3.8, 4) is 5.75 Å². The van der Waals surface area contributed by atoms with Crippen LogP contribution in [0.1, 0.15) is 35.7 Å². The van der Waals surface area contributed by atoms with Gasteiger partial charge in [0.05, 0.1) is 17.9 Å². The lowest BCUT2D eigenvalue weighted by Crippen LogP contribution is -1.97. The summed E-state index contributed by atoms with van der Waals surface area (Å²) in [4.78, 5) is 15.4. The van der Waals surface area contributed by atoms with E-state index in [-0.39, 0.29) is 5.56 Å². The van der Waals surface area contributed by atoms with E-state index in [1.165, 1.54) is 0 Å². The van der Waals surface area contributed by atoms with Crippen molar-refractivity contribution in [2.75, 3.05) is 6.61 Å². The normalized spacial score (nSPS) is 10.8. The van der Waals surface area contributed by atoms with Gasteiger partial charge in [-0.1, -0.05) is 25.5 Å². The Morgan fingerprint density at radius 2 is 1.91 bits per heavy atom. The van der Waals surface area contributed by atoms with Crippen molar-refractivity contribution in [1.82, 2.24) is 0 Å². The first-order valence-corrected chi connectivity index (χ1v) is 7.30. The van der Waals surface area contributed by atoms with Gasteiger partial charge in [0.25, 0.3) is 0 Å². The average molecular weight is 297 g/mol. The summed E-state index contributed by atoms with van der Waals surface area (Å²) in [6.45, 7) is 2.84. The van der Waals surface area contributed by atoms with Crippen LogP contribution in [0.2, 0.25) is 0 Å². The monoisotopic (exact) mass is 297 g/mol. The molecule has 2 aromatic rings. The van der Waals surface area contributed by atoms with Gasteiger partial charge in [-0.3, -0.25) is 4.99 Å². The van der Waals surface area contributed by atoms with Crippen LogP contribution in [0.4, 0.5) is 5.69 Å². The van der Waals surface area contributed by atoms with E-state index in [9.17, 15) is 4.79 Å². The van der Waals surface area contributed by atoms with Crippen molar-refractivity contribution in [2.24, 2.45) is 4.99 Å². The summed E-state index contributed by atoms with van der Waals surface area (Å²) in [6.07, 6.45) is 3.79. The standard InChI is InChI=1S/C18H19NO3/c1-2-3-12-22-15-10-8-14(9-11-15)13-19-17-7-5-4-6-16(17)18(20)21/h4-11,13H,2-3,12H2,1H3,(H,20,21). The summed E-state index contributed by atoms with van der Waals surface area (Å²) in [6, 6.07) is 14.2. The first kappa shape index (κ1) is 15.8. The van der Waals surface area contributed by atoms with Crippen molar-refractivity contribution in [3.05, 3.63) is 59.7 Å². The number of ether oxygens (including phenoxy) is 1. The molecule has 114 valence electrons. The molecule has 22 heavy (non-hydrogen) atoms. The van der Waals surface area contributed by atoms with Gasteiger partial charge in [-0.2, -0.15) is 0 Å². The third kappa shape index (κ3) is 4.45. The summed E-state index contributed by atoms with van der Waals surface area (Å²) in [7, 11) is 0.